The van der Waals surface area contributed by atoms with E-state index in [0.717, 1.165) is 5.56 Å². The molecule has 0 aliphatic rings. The molecule has 0 aliphatic carbocycles. The van der Waals surface area contributed by atoms with Gasteiger partial charge in [0.2, 0.25) is 5.91 Å². The maximum absolute atomic E-state index is 10.7. The third kappa shape index (κ3) is 3.13. The second kappa shape index (κ2) is 4.35. The summed E-state index contributed by atoms with van der Waals surface area (Å²) in [6, 6.07) is 7.04. The van der Waals surface area contributed by atoms with Crippen molar-refractivity contribution in [3.8, 4) is 0 Å². The lowest BCUT2D eigenvalue weighted by atomic mass is 10.2. The van der Waals surface area contributed by atoms with Crippen LogP contribution in [0.5, 0.6) is 0 Å². The van der Waals surface area contributed by atoms with Gasteiger partial charge in [0.05, 0.1) is 0 Å². The molecule has 0 bridgehead atoms. The Balaban J connectivity index is 2.83. The summed E-state index contributed by atoms with van der Waals surface area (Å²) in [5.41, 5.74) is 0.748. The minimum Gasteiger partial charge on any atom is -0.317 e. The van der Waals surface area contributed by atoms with Crippen LogP contribution in [0.2, 0.25) is 5.02 Å². The summed E-state index contributed by atoms with van der Waals surface area (Å²) in [4.78, 5) is 11.1. The Hall–Kier alpha value is -0.930. The highest BCUT2D eigenvalue weighted by atomic mass is 35.5. The second-order valence-electron chi connectivity index (χ2n) is 2.52. The molecule has 1 rings (SSSR count). The van der Waals surface area contributed by atoms with E-state index in [0.29, 0.717) is 10.0 Å². The molecule has 0 radical (unpaired) electrons. The quantitative estimate of drug-likeness (QED) is 0.725. The van der Waals surface area contributed by atoms with Gasteiger partial charge in [-0.05, 0) is 12.1 Å². The Morgan fingerprint density at radius 2 is 2.23 bits per heavy atom. The van der Waals surface area contributed by atoms with Gasteiger partial charge in [-0.2, -0.15) is 0 Å². The molecule has 0 spiro atoms. The third-order valence-electron chi connectivity index (χ3n) is 1.38. The summed E-state index contributed by atoms with van der Waals surface area (Å²) in [6.07, 6.45) is 0. The van der Waals surface area contributed by atoms with Gasteiger partial charge in [0.1, 0.15) is 4.99 Å². The molecule has 0 fully saturated rings. The van der Waals surface area contributed by atoms with Crippen molar-refractivity contribution < 1.29 is 4.79 Å². The third-order valence-corrected chi connectivity index (χ3v) is 1.95. The summed E-state index contributed by atoms with van der Waals surface area (Å²) < 4.78 is 0. The van der Waals surface area contributed by atoms with Crippen LogP contribution in [-0.4, -0.2) is 10.9 Å². The molecule has 0 atom stereocenters. The first-order valence-electron chi connectivity index (χ1n) is 3.67. The number of hydrogen-bond donors (Lipinski definition) is 1. The molecule has 0 aromatic heterocycles. The highest BCUT2D eigenvalue weighted by molar-refractivity contribution is 7.80. The summed E-state index contributed by atoms with van der Waals surface area (Å²) in [5, 5.41) is 3.12. The first-order chi connectivity index (χ1) is 6.09. The summed E-state index contributed by atoms with van der Waals surface area (Å²) in [5.74, 6) is -0.176. The molecule has 1 aromatic carbocycles. The zero-order valence-corrected chi connectivity index (χ0v) is 8.58. The predicted octanol–water partition coefficient (Wildman–Crippen LogP) is 2.15. The molecule has 4 heteroatoms. The van der Waals surface area contributed by atoms with E-state index < -0.39 is 0 Å². The van der Waals surface area contributed by atoms with Crippen LogP contribution in [0, 0.1) is 0 Å². The van der Waals surface area contributed by atoms with Crippen molar-refractivity contribution in [1.82, 2.24) is 5.32 Å². The van der Waals surface area contributed by atoms with E-state index in [1.807, 2.05) is 0 Å². The first kappa shape index (κ1) is 10.2. The van der Waals surface area contributed by atoms with Crippen LogP contribution in [0.1, 0.15) is 12.5 Å². The molecule has 13 heavy (non-hydrogen) atoms. The molecule has 0 heterocycles. The van der Waals surface area contributed by atoms with E-state index in [1.165, 1.54) is 6.92 Å². The number of rotatable bonds is 1. The fourth-order valence-corrected chi connectivity index (χ4v) is 1.32. The molecule has 1 N–H and O–H groups in total. The molecule has 0 unspecified atom stereocenters. The smallest absolute Gasteiger partial charge is 0.221 e. The fourth-order valence-electron chi connectivity index (χ4n) is 0.862. The lowest BCUT2D eigenvalue weighted by molar-refractivity contribution is -0.117. The lowest BCUT2D eigenvalue weighted by Crippen LogP contribution is -2.26. The molecule has 0 saturated heterocycles. The van der Waals surface area contributed by atoms with Crippen LogP contribution in [0.3, 0.4) is 0 Å². The van der Waals surface area contributed by atoms with E-state index in [9.17, 15) is 4.79 Å². The molecule has 68 valence electrons. The zero-order valence-electron chi connectivity index (χ0n) is 7.00. The SMILES string of the molecule is CC(=O)NC(=S)c1cccc(Cl)c1. The van der Waals surface area contributed by atoms with E-state index in [-0.39, 0.29) is 5.91 Å². The fraction of sp³-hybridized carbons (Fsp3) is 0.111. The van der Waals surface area contributed by atoms with Gasteiger partial charge < -0.3 is 5.32 Å². The van der Waals surface area contributed by atoms with Crippen LogP contribution in [0.25, 0.3) is 0 Å². The molecular formula is C9H8ClNOS. The van der Waals surface area contributed by atoms with Gasteiger partial charge in [0.15, 0.2) is 0 Å². The van der Waals surface area contributed by atoms with Gasteiger partial charge >= 0.3 is 0 Å². The molecule has 0 saturated carbocycles. The minimum atomic E-state index is -0.176. The summed E-state index contributed by atoms with van der Waals surface area (Å²) in [7, 11) is 0. The van der Waals surface area contributed by atoms with Crippen molar-refractivity contribution >= 4 is 34.7 Å². The van der Waals surface area contributed by atoms with E-state index in [4.69, 9.17) is 23.8 Å². The average molecular weight is 214 g/mol. The number of carbonyl (C=O) groups is 1. The standard InChI is InChI=1S/C9H8ClNOS/c1-6(12)11-9(13)7-3-2-4-8(10)5-7/h2-5H,1H3,(H,11,12,13). The molecule has 1 aromatic rings. The van der Waals surface area contributed by atoms with Crippen LogP contribution in [0.4, 0.5) is 0 Å². The van der Waals surface area contributed by atoms with Crippen molar-refractivity contribution in [2.75, 3.05) is 0 Å². The average Bonchev–Trinajstić information content (AvgIpc) is 2.03. The van der Waals surface area contributed by atoms with Crippen LogP contribution >= 0.6 is 23.8 Å². The Morgan fingerprint density at radius 1 is 1.54 bits per heavy atom. The van der Waals surface area contributed by atoms with Crippen LogP contribution in [-0.2, 0) is 4.79 Å². The van der Waals surface area contributed by atoms with Gasteiger partial charge in [-0.25, -0.2) is 0 Å². The number of carbonyl (C=O) groups excluding carboxylic acids is 1. The van der Waals surface area contributed by atoms with E-state index in [2.05, 4.69) is 5.32 Å². The second-order valence-corrected chi connectivity index (χ2v) is 3.37. The number of hydrogen-bond acceptors (Lipinski definition) is 2. The van der Waals surface area contributed by atoms with Crippen molar-refractivity contribution in [2.45, 2.75) is 6.92 Å². The molecule has 0 aliphatic heterocycles. The van der Waals surface area contributed by atoms with Gasteiger partial charge in [-0.3, -0.25) is 4.79 Å². The van der Waals surface area contributed by atoms with Gasteiger partial charge in [0.25, 0.3) is 0 Å². The van der Waals surface area contributed by atoms with Crippen molar-refractivity contribution in [1.29, 1.82) is 0 Å². The summed E-state index contributed by atoms with van der Waals surface area (Å²) >= 11 is 10.7. The maximum atomic E-state index is 10.7. The number of nitrogens with one attached hydrogen (secondary N) is 1. The topological polar surface area (TPSA) is 29.1 Å². The zero-order chi connectivity index (χ0) is 9.84. The van der Waals surface area contributed by atoms with Gasteiger partial charge in [-0.15, -0.1) is 0 Å². The Bertz CT molecular complexity index is 351. The van der Waals surface area contributed by atoms with Gasteiger partial charge in [0, 0.05) is 17.5 Å². The van der Waals surface area contributed by atoms with Crippen LogP contribution in [0.15, 0.2) is 24.3 Å². The predicted molar refractivity (Wildman–Crippen MR) is 57.0 cm³/mol. The van der Waals surface area contributed by atoms with E-state index >= 15 is 0 Å². The first-order valence-corrected chi connectivity index (χ1v) is 4.45. The number of halogens is 1. The van der Waals surface area contributed by atoms with E-state index in [1.54, 1.807) is 24.3 Å². The maximum Gasteiger partial charge on any atom is 0.221 e. The van der Waals surface area contributed by atoms with Gasteiger partial charge in [-0.1, -0.05) is 36.0 Å². The monoisotopic (exact) mass is 213 g/mol. The Labute approximate surface area is 86.9 Å². The number of benzene rings is 1. The largest absolute Gasteiger partial charge is 0.317 e. The normalized spacial score (nSPS) is 9.38. The number of amides is 1. The van der Waals surface area contributed by atoms with Crippen LogP contribution < -0.4 is 5.32 Å². The minimum absolute atomic E-state index is 0.176. The van der Waals surface area contributed by atoms with Crippen molar-refractivity contribution in [2.24, 2.45) is 0 Å². The molecule has 1 amide bonds. The molecule has 2 nitrogen and oxygen atoms in total. The highest BCUT2D eigenvalue weighted by Crippen LogP contribution is 2.10. The Morgan fingerprint density at radius 3 is 2.77 bits per heavy atom. The van der Waals surface area contributed by atoms with Crippen molar-refractivity contribution in [3.05, 3.63) is 34.9 Å². The van der Waals surface area contributed by atoms with Crippen molar-refractivity contribution in [3.63, 3.8) is 0 Å². The molecular weight excluding hydrogens is 206 g/mol. The highest BCUT2D eigenvalue weighted by Gasteiger charge is 2.02. The number of thiocarbonyl (C=S) groups is 1. The lowest BCUT2D eigenvalue weighted by Gasteiger charge is -2.03. The Kier molecular flexibility index (Phi) is 3.39. The summed E-state index contributed by atoms with van der Waals surface area (Å²) in [6.45, 7) is 1.41.